The van der Waals surface area contributed by atoms with Crippen molar-refractivity contribution in [2.24, 2.45) is 0 Å². The number of alkyl halides is 1. The minimum atomic E-state index is -4.87. The van der Waals surface area contributed by atoms with Gasteiger partial charge in [0.2, 0.25) is 0 Å². The number of ether oxygens (including phenoxy) is 1. The molecule has 4 rings (SSSR count). The zero-order valence-electron chi connectivity index (χ0n) is 17.7. The van der Waals surface area contributed by atoms with E-state index in [-0.39, 0.29) is 21.5 Å². The van der Waals surface area contributed by atoms with Crippen LogP contribution < -0.4 is 10.2 Å². The maximum atomic E-state index is 15.7. The lowest BCUT2D eigenvalue weighted by Crippen LogP contribution is -2.43. The fourth-order valence-corrected chi connectivity index (χ4v) is 4.28. The number of hydrogen-bond donors (Lipinski definition) is 3. The molecule has 3 heterocycles. The van der Waals surface area contributed by atoms with Crippen molar-refractivity contribution in [2.75, 3.05) is 6.56 Å². The number of rotatable bonds is 4. The molecule has 0 aliphatic carbocycles. The molecular formula is C18H15F2N2O8PS. The summed E-state index contributed by atoms with van der Waals surface area (Å²) < 4.78 is 77.8. The molecule has 2 aromatic rings. The zero-order chi connectivity index (χ0) is 25.1. The summed E-state index contributed by atoms with van der Waals surface area (Å²) in [5.41, 5.74) is -0.927. The van der Waals surface area contributed by atoms with Crippen molar-refractivity contribution in [3.8, 4) is 18.1 Å². The molecule has 0 spiro atoms. The summed E-state index contributed by atoms with van der Waals surface area (Å²) >= 11 is 4.87. The molecule has 5 atom stereocenters. The summed E-state index contributed by atoms with van der Waals surface area (Å²) in [6.07, 6.45) is -0.640. The van der Waals surface area contributed by atoms with Crippen LogP contribution in [0.15, 0.2) is 29.2 Å². The molecule has 10 nitrogen and oxygen atoms in total. The monoisotopic (exact) mass is 490 g/mol. The average molecular weight is 490 g/mol. The van der Waals surface area contributed by atoms with Crippen LogP contribution in [0.4, 0.5) is 8.78 Å². The summed E-state index contributed by atoms with van der Waals surface area (Å²) in [6.45, 7) is -4.29. The lowest BCUT2D eigenvalue weighted by atomic mass is 10.1. The molecule has 1 aromatic carbocycles. The Balaban J connectivity index is 1.64. The predicted molar refractivity (Wildman–Crippen MR) is 105 cm³/mol. The smallest absolute Gasteiger partial charge is 0.404 e. The van der Waals surface area contributed by atoms with Gasteiger partial charge in [-0.25, -0.2) is 18.1 Å². The molecule has 170 valence electrons. The van der Waals surface area contributed by atoms with Crippen LogP contribution in [0.2, 0.25) is 0 Å². The van der Waals surface area contributed by atoms with Crippen LogP contribution in [0.5, 0.6) is 5.75 Å². The molecule has 2 aliphatic heterocycles. The van der Waals surface area contributed by atoms with Crippen LogP contribution in [0, 0.1) is 22.8 Å². The number of H-pyrrole nitrogens is 1. The Morgan fingerprint density at radius 3 is 3.00 bits per heavy atom. The number of phosphoric acid groups is 1. The van der Waals surface area contributed by atoms with Gasteiger partial charge in [-0.2, -0.15) is 0 Å². The van der Waals surface area contributed by atoms with E-state index in [4.69, 9.17) is 35.2 Å². The van der Waals surface area contributed by atoms with Crippen molar-refractivity contribution in [3.05, 3.63) is 56.5 Å². The predicted octanol–water partition coefficient (Wildman–Crippen LogP) is 1.68. The third kappa shape index (κ3) is 4.02. The number of fused-ring (bicyclic) bond motifs is 1. The maximum absolute atomic E-state index is 15.7. The number of aromatic amines is 1. The van der Waals surface area contributed by atoms with Gasteiger partial charge in [0.1, 0.15) is 35.0 Å². The molecule has 1 saturated heterocycles. The summed E-state index contributed by atoms with van der Waals surface area (Å²) in [5.74, 6) is -2.54. The summed E-state index contributed by atoms with van der Waals surface area (Å²) in [5, 5.41) is 20.6. The van der Waals surface area contributed by atoms with Gasteiger partial charge in [-0.05, 0) is 18.2 Å². The quantitative estimate of drug-likeness (QED) is 0.333. The summed E-state index contributed by atoms with van der Waals surface area (Å²) in [7, 11) is -4.87. The van der Waals surface area contributed by atoms with Crippen LogP contribution in [-0.2, 0) is 25.0 Å². The molecule has 2 aliphatic rings. The fourth-order valence-electron chi connectivity index (χ4n) is 2.98. The van der Waals surface area contributed by atoms with Crippen molar-refractivity contribution in [1.29, 1.82) is 0 Å². The number of aliphatic hydroxyl groups excluding tert-OH is 2. The van der Waals surface area contributed by atoms with Gasteiger partial charge in [0.05, 0.1) is 14.9 Å². The van der Waals surface area contributed by atoms with Gasteiger partial charge in [-0.1, -0.05) is 18.1 Å². The summed E-state index contributed by atoms with van der Waals surface area (Å²) in [6, 6.07) is 3.07. The molecule has 32 heavy (non-hydrogen) atoms. The number of aromatic nitrogens is 2. The Labute approximate surface area is 186 Å². The van der Waals surface area contributed by atoms with Crippen LogP contribution in [-0.4, -0.2) is 44.4 Å². The van der Waals surface area contributed by atoms with E-state index >= 15 is 4.39 Å². The number of nitrogens with zero attached hydrogens (tertiary/aromatic N) is 1. The number of aliphatic hydroxyl groups is 2. The van der Waals surface area contributed by atoms with E-state index in [0.717, 1.165) is 24.4 Å². The molecule has 1 fully saturated rings. The van der Waals surface area contributed by atoms with Gasteiger partial charge in [0.15, 0.2) is 6.23 Å². The first-order chi connectivity index (χ1) is 15.8. The Kier molecular flexibility index (Phi) is 5.15. The first-order valence-corrected chi connectivity index (χ1v) is 10.7. The highest BCUT2D eigenvalue weighted by Crippen LogP contribution is 2.55. The SMILES string of the molecule is [2H]C([2H])(OP1(=O)OCc2cc(F)ccc2O1)[C@@]1(F)O[C@@H](n2cc(C#C)c(=S)[nH]c2=O)[C@H](O)[C@@H]1O. The van der Waals surface area contributed by atoms with Crippen molar-refractivity contribution < 1.29 is 44.6 Å². The first kappa shape index (κ1) is 20.2. The topological polar surface area (TPSA) is 132 Å². The highest BCUT2D eigenvalue weighted by molar-refractivity contribution is 7.71. The standard InChI is InChI=1S/C18H15F2N2O8PS/c1-2-9-6-22(17(25)21-15(9)32)16-13(23)14(24)18(20,29-16)8-28-31(26)27-7-10-5-11(19)3-4-12(10)30-31/h1,3-6,13-14,16,23-24H,7-8H2,(H,21,25,32)/t13-,14+,16-,18-,31?/m1/s1/i8D2. The van der Waals surface area contributed by atoms with Gasteiger partial charge < -0.3 is 19.5 Å². The third-order valence-electron chi connectivity index (χ3n) is 4.59. The molecular weight excluding hydrogens is 473 g/mol. The molecule has 1 unspecified atom stereocenters. The summed E-state index contributed by atoms with van der Waals surface area (Å²) in [4.78, 5) is 14.4. The second-order valence-corrected chi connectivity index (χ2v) is 8.63. The molecule has 0 radical (unpaired) electrons. The first-order valence-electron chi connectivity index (χ1n) is 9.78. The van der Waals surface area contributed by atoms with E-state index < -0.39 is 56.8 Å². The van der Waals surface area contributed by atoms with Crippen molar-refractivity contribution >= 4 is 20.0 Å². The molecule has 0 amide bonds. The molecule has 1 aromatic heterocycles. The lowest BCUT2D eigenvalue weighted by molar-refractivity contribution is -0.205. The number of terminal acetylenes is 1. The Morgan fingerprint density at radius 2 is 2.28 bits per heavy atom. The van der Waals surface area contributed by atoms with Crippen molar-refractivity contribution in [2.45, 2.75) is 30.9 Å². The molecule has 0 saturated carbocycles. The Hall–Kier alpha value is -2.43. The Bertz CT molecular complexity index is 1360. The van der Waals surface area contributed by atoms with E-state index in [0.29, 0.717) is 4.57 Å². The van der Waals surface area contributed by atoms with E-state index in [9.17, 15) is 24.0 Å². The van der Waals surface area contributed by atoms with Gasteiger partial charge >= 0.3 is 13.5 Å². The van der Waals surface area contributed by atoms with E-state index in [2.05, 4.69) is 15.4 Å². The highest BCUT2D eigenvalue weighted by Gasteiger charge is 2.57. The maximum Gasteiger partial charge on any atom is 0.530 e. The fraction of sp³-hybridized carbons (Fsp3) is 0.333. The average Bonchev–Trinajstić information content (AvgIpc) is 2.99. The molecule has 14 heteroatoms. The van der Waals surface area contributed by atoms with Crippen molar-refractivity contribution in [1.82, 2.24) is 9.55 Å². The number of nitrogens with one attached hydrogen (secondary N) is 1. The second-order valence-electron chi connectivity index (χ2n) is 6.70. The van der Waals surface area contributed by atoms with Crippen LogP contribution in [0.3, 0.4) is 0 Å². The third-order valence-corrected chi connectivity index (χ3v) is 6.10. The molecule has 0 bridgehead atoms. The van der Waals surface area contributed by atoms with Gasteiger partial charge in [-0.15, -0.1) is 6.42 Å². The number of halogens is 2. The van der Waals surface area contributed by atoms with E-state index in [1.807, 2.05) is 0 Å². The van der Waals surface area contributed by atoms with E-state index in [1.165, 1.54) is 0 Å². The van der Waals surface area contributed by atoms with Crippen LogP contribution >= 0.6 is 20.0 Å². The number of phosphoric ester groups is 1. The normalized spacial score (nSPS) is 32.9. The van der Waals surface area contributed by atoms with Gasteiger partial charge in [-0.3, -0.25) is 18.6 Å². The highest BCUT2D eigenvalue weighted by atomic mass is 32.1. The van der Waals surface area contributed by atoms with Gasteiger partial charge in [0.25, 0.3) is 5.85 Å². The largest absolute Gasteiger partial charge is 0.530 e. The zero-order valence-corrected chi connectivity index (χ0v) is 17.4. The van der Waals surface area contributed by atoms with Gasteiger partial charge in [0, 0.05) is 11.8 Å². The van der Waals surface area contributed by atoms with Crippen molar-refractivity contribution in [3.63, 3.8) is 0 Å². The molecule has 3 N–H and O–H groups in total. The Morgan fingerprint density at radius 1 is 1.53 bits per heavy atom. The minimum absolute atomic E-state index is 0.0425. The number of benzene rings is 1. The number of hydrogen-bond acceptors (Lipinski definition) is 9. The second kappa shape index (κ2) is 8.17. The van der Waals surface area contributed by atoms with E-state index in [1.54, 1.807) is 0 Å². The minimum Gasteiger partial charge on any atom is -0.404 e. The van der Waals surface area contributed by atoms with Crippen LogP contribution in [0.25, 0.3) is 0 Å². The van der Waals surface area contributed by atoms with Crippen LogP contribution in [0.1, 0.15) is 20.1 Å². The lowest BCUT2D eigenvalue weighted by Gasteiger charge is -2.28.